The highest BCUT2D eigenvalue weighted by Crippen LogP contribution is 2.24. The van der Waals surface area contributed by atoms with Crippen LogP contribution in [0.25, 0.3) is 0 Å². The summed E-state index contributed by atoms with van der Waals surface area (Å²) >= 11 is 0. The molecule has 3 N–H and O–H groups in total. The summed E-state index contributed by atoms with van der Waals surface area (Å²) < 4.78 is 0. The second-order valence-electron chi connectivity index (χ2n) is 5.62. The fourth-order valence-corrected chi connectivity index (χ4v) is 2.44. The molecular formula is C17H21N3O2. The number of nitrogens with two attached hydrogens (primary N) is 1. The third kappa shape index (κ3) is 3.03. The van der Waals surface area contributed by atoms with E-state index in [-0.39, 0.29) is 11.9 Å². The maximum absolute atomic E-state index is 12.5. The maximum atomic E-state index is 12.5. The van der Waals surface area contributed by atoms with E-state index in [1.807, 2.05) is 20.8 Å². The van der Waals surface area contributed by atoms with Crippen LogP contribution in [0.4, 0.5) is 0 Å². The van der Waals surface area contributed by atoms with Crippen molar-refractivity contribution in [2.24, 2.45) is 5.73 Å². The number of hydrogen-bond donors (Lipinski definition) is 2. The Morgan fingerprint density at radius 2 is 1.91 bits per heavy atom. The van der Waals surface area contributed by atoms with E-state index in [0.29, 0.717) is 11.3 Å². The Morgan fingerprint density at radius 3 is 2.50 bits per heavy atom. The smallest absolute Gasteiger partial charge is 0.270 e. The molecule has 0 aliphatic carbocycles. The summed E-state index contributed by atoms with van der Waals surface area (Å²) in [5.41, 5.74) is 9.27. The van der Waals surface area contributed by atoms with Gasteiger partial charge in [-0.25, -0.2) is 0 Å². The zero-order chi connectivity index (χ0) is 16.4. The number of aryl methyl sites for hydroxylation is 2. The Bertz CT molecular complexity index is 718. The molecule has 0 spiro atoms. The molecule has 1 heterocycles. The highest BCUT2D eigenvalue weighted by atomic mass is 16.2. The summed E-state index contributed by atoms with van der Waals surface area (Å²) in [5, 5.41) is 0. The van der Waals surface area contributed by atoms with Crippen molar-refractivity contribution in [3.05, 3.63) is 58.4 Å². The molecule has 0 aliphatic rings. The van der Waals surface area contributed by atoms with Crippen molar-refractivity contribution in [2.75, 3.05) is 7.05 Å². The van der Waals surface area contributed by atoms with Crippen LogP contribution < -0.4 is 5.73 Å². The summed E-state index contributed by atoms with van der Waals surface area (Å²) in [5.74, 6) is -0.735. The summed E-state index contributed by atoms with van der Waals surface area (Å²) in [7, 11) is 1.75. The van der Waals surface area contributed by atoms with Crippen molar-refractivity contribution in [3.8, 4) is 0 Å². The minimum atomic E-state index is -0.555. The maximum Gasteiger partial charge on any atom is 0.270 e. The van der Waals surface area contributed by atoms with Gasteiger partial charge in [-0.05, 0) is 38.0 Å². The number of benzene rings is 1. The number of amides is 2. The van der Waals surface area contributed by atoms with Gasteiger partial charge in [0.2, 0.25) is 5.91 Å². The second kappa shape index (κ2) is 6.05. The van der Waals surface area contributed by atoms with Crippen LogP contribution in [0, 0.1) is 13.8 Å². The Balaban J connectivity index is 2.25. The Hall–Kier alpha value is -2.56. The lowest BCUT2D eigenvalue weighted by Crippen LogP contribution is -2.30. The van der Waals surface area contributed by atoms with Crippen molar-refractivity contribution in [3.63, 3.8) is 0 Å². The van der Waals surface area contributed by atoms with Gasteiger partial charge in [0, 0.05) is 13.2 Å². The minimum Gasteiger partial charge on any atom is -0.366 e. The first kappa shape index (κ1) is 15.8. The lowest BCUT2D eigenvalue weighted by atomic mass is 9.99. The van der Waals surface area contributed by atoms with Gasteiger partial charge in [0.25, 0.3) is 5.91 Å². The standard InChI is InChI=1S/C17H21N3O2/c1-10-5-6-11(2)14(7-10)12(3)20(4)17(22)15-8-13(9-19-15)16(18)21/h5-9,12,19H,1-4H3,(H2,18,21)/t12-/m0/s1. The van der Waals surface area contributed by atoms with Crippen molar-refractivity contribution in [1.82, 2.24) is 9.88 Å². The molecular weight excluding hydrogens is 278 g/mol. The van der Waals surface area contributed by atoms with Crippen LogP contribution in [0.1, 0.15) is 50.5 Å². The zero-order valence-corrected chi connectivity index (χ0v) is 13.3. The van der Waals surface area contributed by atoms with Crippen LogP contribution in [-0.2, 0) is 0 Å². The van der Waals surface area contributed by atoms with Crippen LogP contribution in [0.3, 0.4) is 0 Å². The number of carbonyl (C=O) groups excluding carboxylic acids is 2. The molecule has 116 valence electrons. The molecule has 0 aliphatic heterocycles. The van der Waals surface area contributed by atoms with Crippen LogP contribution in [0.5, 0.6) is 0 Å². The Kier molecular flexibility index (Phi) is 4.35. The fourth-order valence-electron chi connectivity index (χ4n) is 2.44. The van der Waals surface area contributed by atoms with Gasteiger partial charge < -0.3 is 15.6 Å². The fraction of sp³-hybridized carbons (Fsp3) is 0.294. The van der Waals surface area contributed by atoms with Gasteiger partial charge in [0.1, 0.15) is 5.69 Å². The van der Waals surface area contributed by atoms with Crippen molar-refractivity contribution in [2.45, 2.75) is 26.8 Å². The van der Waals surface area contributed by atoms with E-state index < -0.39 is 5.91 Å². The first-order valence-corrected chi connectivity index (χ1v) is 7.13. The highest BCUT2D eigenvalue weighted by molar-refractivity contribution is 5.98. The summed E-state index contributed by atoms with van der Waals surface area (Å²) in [4.78, 5) is 28.1. The number of aromatic nitrogens is 1. The zero-order valence-electron chi connectivity index (χ0n) is 13.3. The average Bonchev–Trinajstić information content (AvgIpc) is 2.97. The second-order valence-corrected chi connectivity index (χ2v) is 5.62. The molecule has 0 bridgehead atoms. The van der Waals surface area contributed by atoms with Crippen molar-refractivity contribution >= 4 is 11.8 Å². The van der Waals surface area contributed by atoms with Crippen molar-refractivity contribution in [1.29, 1.82) is 0 Å². The molecule has 0 unspecified atom stereocenters. The molecule has 1 atom stereocenters. The van der Waals surface area contributed by atoms with Gasteiger partial charge in [-0.2, -0.15) is 0 Å². The Morgan fingerprint density at radius 1 is 1.23 bits per heavy atom. The molecule has 0 saturated heterocycles. The van der Waals surface area contributed by atoms with Crippen LogP contribution in [0.15, 0.2) is 30.5 Å². The van der Waals surface area contributed by atoms with Gasteiger partial charge in [0.15, 0.2) is 0 Å². The van der Waals surface area contributed by atoms with Crippen LogP contribution >= 0.6 is 0 Å². The van der Waals surface area contributed by atoms with Crippen LogP contribution in [-0.4, -0.2) is 28.7 Å². The number of aromatic amines is 1. The number of nitrogens with one attached hydrogen (secondary N) is 1. The van der Waals surface area contributed by atoms with Gasteiger partial charge in [-0.1, -0.05) is 23.8 Å². The van der Waals surface area contributed by atoms with Gasteiger partial charge in [0.05, 0.1) is 11.6 Å². The number of H-pyrrole nitrogens is 1. The lowest BCUT2D eigenvalue weighted by Gasteiger charge is -2.26. The van der Waals surface area contributed by atoms with E-state index in [0.717, 1.165) is 16.7 Å². The third-order valence-corrected chi connectivity index (χ3v) is 3.98. The molecule has 2 amide bonds. The van der Waals surface area contributed by atoms with Crippen LogP contribution in [0.2, 0.25) is 0 Å². The number of hydrogen-bond acceptors (Lipinski definition) is 2. The molecule has 22 heavy (non-hydrogen) atoms. The third-order valence-electron chi connectivity index (χ3n) is 3.98. The molecule has 5 nitrogen and oxygen atoms in total. The molecule has 2 aromatic rings. The topological polar surface area (TPSA) is 79.2 Å². The summed E-state index contributed by atoms with van der Waals surface area (Å²) in [6.45, 7) is 6.04. The predicted molar refractivity (Wildman–Crippen MR) is 85.7 cm³/mol. The Labute approximate surface area is 130 Å². The first-order chi connectivity index (χ1) is 10.3. The molecule has 0 fully saturated rings. The monoisotopic (exact) mass is 299 g/mol. The van der Waals surface area contributed by atoms with E-state index in [4.69, 9.17) is 5.73 Å². The quantitative estimate of drug-likeness (QED) is 0.910. The highest BCUT2D eigenvalue weighted by Gasteiger charge is 2.22. The molecule has 1 aromatic carbocycles. The molecule has 1 aromatic heterocycles. The minimum absolute atomic E-state index is 0.0762. The molecule has 5 heteroatoms. The first-order valence-electron chi connectivity index (χ1n) is 7.13. The van der Waals surface area contributed by atoms with E-state index in [2.05, 4.69) is 23.2 Å². The average molecular weight is 299 g/mol. The molecule has 0 saturated carbocycles. The van der Waals surface area contributed by atoms with E-state index in [1.54, 1.807) is 11.9 Å². The van der Waals surface area contributed by atoms with Gasteiger partial charge in [-0.3, -0.25) is 9.59 Å². The number of rotatable bonds is 4. The number of nitrogens with zero attached hydrogens (tertiary/aromatic N) is 1. The largest absolute Gasteiger partial charge is 0.366 e. The van der Waals surface area contributed by atoms with E-state index in [9.17, 15) is 9.59 Å². The number of carbonyl (C=O) groups is 2. The van der Waals surface area contributed by atoms with E-state index in [1.165, 1.54) is 12.3 Å². The number of primary amides is 1. The normalized spacial score (nSPS) is 12.0. The van der Waals surface area contributed by atoms with Gasteiger partial charge in [-0.15, -0.1) is 0 Å². The lowest BCUT2D eigenvalue weighted by molar-refractivity contribution is 0.0737. The molecule has 0 radical (unpaired) electrons. The molecule has 2 rings (SSSR count). The van der Waals surface area contributed by atoms with E-state index >= 15 is 0 Å². The van der Waals surface area contributed by atoms with Crippen molar-refractivity contribution < 1.29 is 9.59 Å². The summed E-state index contributed by atoms with van der Waals surface area (Å²) in [6, 6.07) is 7.61. The predicted octanol–water partition coefficient (Wildman–Crippen LogP) is 2.56. The SMILES string of the molecule is Cc1ccc(C)c([C@H](C)N(C)C(=O)c2cc(C(N)=O)c[nH]2)c1. The van der Waals surface area contributed by atoms with Gasteiger partial charge >= 0.3 is 0 Å². The summed E-state index contributed by atoms with van der Waals surface area (Å²) in [6.07, 6.45) is 1.45.